The van der Waals surface area contributed by atoms with E-state index in [-0.39, 0.29) is 11.7 Å². The van der Waals surface area contributed by atoms with Crippen molar-refractivity contribution in [3.8, 4) is 11.4 Å². The predicted molar refractivity (Wildman–Crippen MR) is 121 cm³/mol. The van der Waals surface area contributed by atoms with E-state index in [2.05, 4.69) is 20.5 Å². The Kier molecular flexibility index (Phi) is 6.59. The number of carbonyl (C=O) groups excluding carboxylic acids is 1. The molecule has 0 aliphatic rings. The van der Waals surface area contributed by atoms with E-state index in [9.17, 15) is 4.79 Å². The molecule has 0 aliphatic heterocycles. The van der Waals surface area contributed by atoms with Gasteiger partial charge in [-0.3, -0.25) is 14.3 Å². The van der Waals surface area contributed by atoms with Crippen LogP contribution in [0.2, 0.25) is 0 Å². The molecule has 2 aromatic heterocycles. The Balaban J connectivity index is 1.53. The third-order valence-corrected chi connectivity index (χ3v) is 5.44. The largest absolute Gasteiger partial charge is 0.497 e. The fourth-order valence-electron chi connectivity index (χ4n) is 3.03. The van der Waals surface area contributed by atoms with Crippen LogP contribution in [0.15, 0.2) is 84.3 Å². The number of thioether (sulfide) groups is 1. The summed E-state index contributed by atoms with van der Waals surface area (Å²) in [4.78, 5) is 16.4. The first-order valence-corrected chi connectivity index (χ1v) is 10.7. The second-order valence-electron chi connectivity index (χ2n) is 6.67. The summed E-state index contributed by atoms with van der Waals surface area (Å²) in [7, 11) is 1.65. The molecule has 0 saturated heterocycles. The second-order valence-corrected chi connectivity index (χ2v) is 7.62. The Morgan fingerprint density at radius 2 is 1.84 bits per heavy atom. The summed E-state index contributed by atoms with van der Waals surface area (Å²) in [6, 6.07) is 21.4. The zero-order valence-corrected chi connectivity index (χ0v) is 17.7. The van der Waals surface area contributed by atoms with Gasteiger partial charge in [0, 0.05) is 18.3 Å². The molecule has 4 aromatic rings. The molecule has 1 N–H and O–H groups in total. The number of ether oxygens (including phenoxy) is 1. The molecule has 2 heterocycles. The highest BCUT2D eigenvalue weighted by Crippen LogP contribution is 2.24. The minimum Gasteiger partial charge on any atom is -0.497 e. The van der Waals surface area contributed by atoms with Crippen LogP contribution in [0, 0.1) is 0 Å². The standard InChI is InChI=1S/C23H21N5O2S/c1-30-20-11-9-17(10-12-20)14-21-26-27-23(28(21)19-7-3-2-4-8-19)31-16-22(29)25-18-6-5-13-24-15-18/h2-13,15H,14,16H2,1H3,(H,25,29). The maximum absolute atomic E-state index is 12.4. The Hall–Kier alpha value is -3.65. The van der Waals surface area contributed by atoms with E-state index in [0.29, 0.717) is 17.3 Å². The molecule has 7 nitrogen and oxygen atoms in total. The summed E-state index contributed by atoms with van der Waals surface area (Å²) in [5.74, 6) is 1.69. The van der Waals surface area contributed by atoms with Gasteiger partial charge in [0.15, 0.2) is 5.16 Å². The fourth-order valence-corrected chi connectivity index (χ4v) is 3.81. The first-order valence-electron chi connectivity index (χ1n) is 9.68. The number of pyridine rings is 1. The maximum Gasteiger partial charge on any atom is 0.234 e. The zero-order chi connectivity index (χ0) is 21.5. The van der Waals surface area contributed by atoms with Gasteiger partial charge in [0.1, 0.15) is 11.6 Å². The summed E-state index contributed by atoms with van der Waals surface area (Å²) >= 11 is 1.34. The van der Waals surface area contributed by atoms with Crippen LogP contribution in [0.25, 0.3) is 5.69 Å². The van der Waals surface area contributed by atoms with Crippen LogP contribution in [-0.2, 0) is 11.2 Å². The summed E-state index contributed by atoms with van der Waals surface area (Å²) in [6.45, 7) is 0. The van der Waals surface area contributed by atoms with Gasteiger partial charge in [-0.1, -0.05) is 42.1 Å². The van der Waals surface area contributed by atoms with E-state index in [4.69, 9.17) is 4.74 Å². The number of methoxy groups -OCH3 is 1. The van der Waals surface area contributed by atoms with Gasteiger partial charge in [0.2, 0.25) is 5.91 Å². The van der Waals surface area contributed by atoms with E-state index >= 15 is 0 Å². The van der Waals surface area contributed by atoms with Crippen molar-refractivity contribution in [2.24, 2.45) is 0 Å². The van der Waals surface area contributed by atoms with Crippen molar-refractivity contribution in [3.05, 3.63) is 90.5 Å². The van der Waals surface area contributed by atoms with Crippen molar-refractivity contribution >= 4 is 23.4 Å². The molecule has 4 rings (SSSR count). The SMILES string of the molecule is COc1ccc(Cc2nnc(SCC(=O)Nc3cccnc3)n2-c2ccccc2)cc1. The van der Waals surface area contributed by atoms with Crippen molar-refractivity contribution in [2.45, 2.75) is 11.6 Å². The number of carbonyl (C=O) groups is 1. The highest BCUT2D eigenvalue weighted by molar-refractivity contribution is 7.99. The highest BCUT2D eigenvalue weighted by atomic mass is 32.2. The van der Waals surface area contributed by atoms with Gasteiger partial charge in [-0.05, 0) is 42.0 Å². The molecule has 0 fully saturated rings. The molecule has 31 heavy (non-hydrogen) atoms. The van der Waals surface area contributed by atoms with Crippen LogP contribution in [-0.4, -0.2) is 38.5 Å². The number of nitrogens with zero attached hydrogens (tertiary/aromatic N) is 4. The van der Waals surface area contributed by atoms with E-state index < -0.39 is 0 Å². The normalized spacial score (nSPS) is 10.6. The van der Waals surface area contributed by atoms with Crippen LogP contribution < -0.4 is 10.1 Å². The summed E-state index contributed by atoms with van der Waals surface area (Å²) < 4.78 is 7.23. The number of hydrogen-bond acceptors (Lipinski definition) is 6. The molecule has 0 bridgehead atoms. The first-order chi connectivity index (χ1) is 15.2. The van der Waals surface area contributed by atoms with Crippen molar-refractivity contribution < 1.29 is 9.53 Å². The molecular weight excluding hydrogens is 410 g/mol. The third kappa shape index (κ3) is 5.29. The third-order valence-electron chi connectivity index (χ3n) is 4.51. The lowest BCUT2D eigenvalue weighted by Crippen LogP contribution is -2.14. The number of benzene rings is 2. The molecular formula is C23H21N5O2S. The monoisotopic (exact) mass is 431 g/mol. The van der Waals surface area contributed by atoms with Crippen LogP contribution in [0.1, 0.15) is 11.4 Å². The lowest BCUT2D eigenvalue weighted by atomic mass is 10.1. The minimum atomic E-state index is -0.127. The van der Waals surface area contributed by atoms with Gasteiger partial charge in [-0.25, -0.2) is 0 Å². The number of para-hydroxylation sites is 1. The zero-order valence-electron chi connectivity index (χ0n) is 16.9. The van der Waals surface area contributed by atoms with Crippen molar-refractivity contribution in [3.63, 3.8) is 0 Å². The average Bonchev–Trinajstić information content (AvgIpc) is 3.22. The van der Waals surface area contributed by atoms with Crippen molar-refractivity contribution in [2.75, 3.05) is 18.2 Å². The molecule has 0 radical (unpaired) electrons. The van der Waals surface area contributed by atoms with E-state index in [1.165, 1.54) is 11.8 Å². The number of aromatic nitrogens is 4. The molecule has 0 atom stereocenters. The van der Waals surface area contributed by atoms with Gasteiger partial charge in [0.25, 0.3) is 0 Å². The first kappa shape index (κ1) is 20.6. The summed E-state index contributed by atoms with van der Waals surface area (Å²) in [5, 5.41) is 12.3. The van der Waals surface area contributed by atoms with Crippen molar-refractivity contribution in [1.82, 2.24) is 19.7 Å². The topological polar surface area (TPSA) is 81.9 Å². The van der Waals surface area contributed by atoms with E-state index in [1.54, 1.807) is 31.6 Å². The molecule has 8 heteroatoms. The molecule has 156 valence electrons. The lowest BCUT2D eigenvalue weighted by Gasteiger charge is -2.11. The molecule has 0 saturated carbocycles. The lowest BCUT2D eigenvalue weighted by molar-refractivity contribution is -0.113. The fraction of sp³-hybridized carbons (Fsp3) is 0.130. The van der Waals surface area contributed by atoms with Crippen molar-refractivity contribution in [1.29, 1.82) is 0 Å². The maximum atomic E-state index is 12.4. The number of nitrogens with one attached hydrogen (secondary N) is 1. The smallest absolute Gasteiger partial charge is 0.234 e. The quantitative estimate of drug-likeness (QED) is 0.425. The van der Waals surface area contributed by atoms with Gasteiger partial charge < -0.3 is 10.1 Å². The van der Waals surface area contributed by atoms with Gasteiger partial charge in [-0.2, -0.15) is 0 Å². The number of rotatable bonds is 8. The Morgan fingerprint density at radius 1 is 1.03 bits per heavy atom. The van der Waals surface area contributed by atoms with Crippen LogP contribution in [0.4, 0.5) is 5.69 Å². The average molecular weight is 432 g/mol. The highest BCUT2D eigenvalue weighted by Gasteiger charge is 2.16. The molecule has 2 aromatic carbocycles. The van der Waals surface area contributed by atoms with Gasteiger partial charge >= 0.3 is 0 Å². The minimum absolute atomic E-state index is 0.127. The number of amides is 1. The summed E-state index contributed by atoms with van der Waals surface area (Å²) in [6.07, 6.45) is 3.88. The molecule has 0 unspecified atom stereocenters. The van der Waals surface area contributed by atoms with Gasteiger partial charge in [-0.15, -0.1) is 10.2 Å². The Labute approximate surface area is 184 Å². The van der Waals surface area contributed by atoms with Crippen LogP contribution in [0.5, 0.6) is 5.75 Å². The molecule has 1 amide bonds. The second kappa shape index (κ2) is 9.90. The van der Waals surface area contributed by atoms with Crippen LogP contribution in [0.3, 0.4) is 0 Å². The Morgan fingerprint density at radius 3 is 2.55 bits per heavy atom. The van der Waals surface area contributed by atoms with E-state index in [1.807, 2.05) is 59.2 Å². The van der Waals surface area contributed by atoms with Crippen LogP contribution >= 0.6 is 11.8 Å². The summed E-state index contributed by atoms with van der Waals surface area (Å²) in [5.41, 5.74) is 2.71. The number of anilines is 1. The van der Waals surface area contributed by atoms with E-state index in [0.717, 1.165) is 22.8 Å². The Bertz CT molecular complexity index is 1130. The molecule has 0 aliphatic carbocycles. The molecule has 0 spiro atoms. The predicted octanol–water partition coefficient (Wildman–Crippen LogP) is 3.99. The van der Waals surface area contributed by atoms with Gasteiger partial charge in [0.05, 0.1) is 24.7 Å². The number of hydrogen-bond donors (Lipinski definition) is 1.